The lowest BCUT2D eigenvalue weighted by atomic mass is 9.90. The lowest BCUT2D eigenvalue weighted by Crippen LogP contribution is -2.10. The number of hydrogen-bond donors (Lipinski definition) is 0. The highest BCUT2D eigenvalue weighted by Crippen LogP contribution is 2.32. The van der Waals surface area contributed by atoms with E-state index in [9.17, 15) is 8.78 Å². The highest BCUT2D eigenvalue weighted by Gasteiger charge is 2.24. The molecule has 0 aliphatic carbocycles. The smallest absolute Gasteiger partial charge is 0.203 e. The summed E-state index contributed by atoms with van der Waals surface area (Å²) >= 11 is 0. The van der Waals surface area contributed by atoms with Crippen LogP contribution in [0, 0.1) is 0 Å². The zero-order chi connectivity index (χ0) is 6.08. The van der Waals surface area contributed by atoms with Crippen molar-refractivity contribution < 1.29 is 8.78 Å². The van der Waals surface area contributed by atoms with E-state index in [1.807, 2.05) is 0 Å². The second-order valence-corrected chi connectivity index (χ2v) is 2.23. The third-order valence-corrected chi connectivity index (χ3v) is 1.13. The van der Waals surface area contributed by atoms with Crippen molar-refractivity contribution >= 4 is 17.1 Å². The number of rotatable bonds is 1. The topological polar surface area (TPSA) is 0 Å². The highest BCUT2D eigenvalue weighted by molar-refractivity contribution is 7.18. The molecule has 0 aliphatic rings. The van der Waals surface area contributed by atoms with Gasteiger partial charge in [0.15, 0.2) is 0 Å². The fourth-order valence-electron chi connectivity index (χ4n) is 0. The third kappa shape index (κ3) is 2.98. The van der Waals surface area contributed by atoms with E-state index in [-0.39, 0.29) is 0 Å². The van der Waals surface area contributed by atoms with Crippen LogP contribution in [0.4, 0.5) is 8.78 Å². The van der Waals surface area contributed by atoms with Crippen LogP contribution < -0.4 is 0 Å². The Hall–Kier alpha value is 0.355. The van der Waals surface area contributed by atoms with Gasteiger partial charge in [0.25, 0.3) is 5.66 Å². The molecular weight excluding hydrogens is 116 g/mol. The summed E-state index contributed by atoms with van der Waals surface area (Å²) in [6, 6.07) is 0. The van der Waals surface area contributed by atoms with Gasteiger partial charge in [0.1, 0.15) is 0 Å². The largest absolute Gasteiger partial charge is 0.253 e. The second-order valence-electron chi connectivity index (χ2n) is 1.46. The normalized spacial score (nSPS) is 16.6. The van der Waals surface area contributed by atoms with E-state index in [1.54, 1.807) is 0 Å². The zero-order valence-electron chi connectivity index (χ0n) is 3.99. The molecule has 0 aromatic rings. The van der Waals surface area contributed by atoms with Crippen molar-refractivity contribution in [3.63, 3.8) is 0 Å². The number of alkyl halides is 2. The van der Waals surface area contributed by atoms with Gasteiger partial charge in [-0.1, -0.05) is 16.2 Å². The minimum absolute atomic E-state index is 1.07. The van der Waals surface area contributed by atoms with E-state index < -0.39 is 11.5 Å². The maximum absolute atomic E-state index is 11.7. The van der Waals surface area contributed by atoms with Gasteiger partial charge in [-0.15, -0.1) is 0 Å². The van der Waals surface area contributed by atoms with E-state index in [0.29, 0.717) is 0 Å². The van der Waals surface area contributed by atoms with Crippen LogP contribution in [0.5, 0.6) is 0 Å². The van der Waals surface area contributed by atoms with Gasteiger partial charge in [-0.3, -0.25) is 0 Å². The Balaban J connectivity index is 3.54. The quantitative estimate of drug-likeness (QED) is 0.364. The van der Waals surface area contributed by atoms with E-state index in [0.717, 1.165) is 0 Å². The molecule has 0 N–H and O–H groups in total. The summed E-state index contributed by atoms with van der Waals surface area (Å²) in [5.74, 6) is -1.07. The van der Waals surface area contributed by atoms with Crippen molar-refractivity contribution in [2.75, 3.05) is 0 Å². The standard InChI is InChI=1S/C3H6BF2P/c1-2(4)3(5,6)7/h2H,7H2,1H3. The first-order valence-corrected chi connectivity index (χ1v) is 2.44. The molecule has 2 unspecified atom stereocenters. The molecule has 0 aliphatic heterocycles. The molecule has 0 saturated heterocycles. The highest BCUT2D eigenvalue weighted by atomic mass is 31.0. The molecule has 7 heavy (non-hydrogen) atoms. The first-order chi connectivity index (χ1) is 2.94. The molecule has 4 heteroatoms. The van der Waals surface area contributed by atoms with Gasteiger partial charge < -0.3 is 0 Å². The predicted molar refractivity (Wildman–Crippen MR) is 29.8 cm³/mol. The Morgan fingerprint density at radius 2 is 1.86 bits per heavy atom. The van der Waals surface area contributed by atoms with Crippen molar-refractivity contribution in [1.82, 2.24) is 0 Å². The van der Waals surface area contributed by atoms with Crippen molar-refractivity contribution in [3.8, 4) is 0 Å². The minimum Gasteiger partial charge on any atom is -0.203 e. The molecule has 0 bridgehead atoms. The Morgan fingerprint density at radius 3 is 1.86 bits per heavy atom. The average molecular weight is 122 g/mol. The third-order valence-electron chi connectivity index (χ3n) is 0.607. The maximum Gasteiger partial charge on any atom is 0.253 e. The van der Waals surface area contributed by atoms with Crippen LogP contribution in [0.15, 0.2) is 0 Å². The maximum atomic E-state index is 11.7. The Bertz CT molecular complexity index is 58.4. The Labute approximate surface area is 45.3 Å². The van der Waals surface area contributed by atoms with Crippen LogP contribution in [0.1, 0.15) is 6.92 Å². The predicted octanol–water partition coefficient (Wildman–Crippen LogP) is 1.43. The summed E-state index contributed by atoms with van der Waals surface area (Å²) in [5, 5.41) is 0. The number of hydrogen-bond acceptors (Lipinski definition) is 0. The van der Waals surface area contributed by atoms with Crippen molar-refractivity contribution in [3.05, 3.63) is 0 Å². The van der Waals surface area contributed by atoms with Crippen LogP contribution in [0.25, 0.3) is 0 Å². The van der Waals surface area contributed by atoms with Crippen LogP contribution in [-0.4, -0.2) is 13.5 Å². The van der Waals surface area contributed by atoms with Crippen molar-refractivity contribution in [1.29, 1.82) is 0 Å². The van der Waals surface area contributed by atoms with Gasteiger partial charge in [-0.25, -0.2) is 8.78 Å². The molecule has 0 amide bonds. The number of halogens is 2. The van der Waals surface area contributed by atoms with Crippen molar-refractivity contribution in [2.45, 2.75) is 18.4 Å². The molecule has 0 heterocycles. The van der Waals surface area contributed by atoms with E-state index >= 15 is 0 Å². The van der Waals surface area contributed by atoms with Crippen molar-refractivity contribution in [2.24, 2.45) is 0 Å². The molecule has 0 fully saturated rings. The molecule has 2 radical (unpaired) electrons. The molecule has 0 aromatic heterocycles. The Kier molecular flexibility index (Phi) is 2.19. The van der Waals surface area contributed by atoms with Crippen LogP contribution in [0.2, 0.25) is 5.82 Å². The van der Waals surface area contributed by atoms with E-state index in [1.165, 1.54) is 16.2 Å². The molecule has 0 saturated carbocycles. The summed E-state index contributed by atoms with van der Waals surface area (Å²) < 4.78 is 23.4. The fraction of sp³-hybridized carbons (Fsp3) is 1.00. The molecule has 40 valence electrons. The molecule has 0 nitrogen and oxygen atoms in total. The summed E-state index contributed by atoms with van der Waals surface area (Å²) in [6.07, 6.45) is 0. The van der Waals surface area contributed by atoms with Gasteiger partial charge in [0.2, 0.25) is 0 Å². The summed E-state index contributed by atoms with van der Waals surface area (Å²) in [7, 11) is 6.17. The first kappa shape index (κ1) is 7.35. The molecule has 0 aromatic carbocycles. The van der Waals surface area contributed by atoms with E-state index in [4.69, 9.17) is 7.85 Å². The summed E-state index contributed by atoms with van der Waals surface area (Å²) in [4.78, 5) is 0. The molecule has 0 spiro atoms. The van der Waals surface area contributed by atoms with Gasteiger partial charge in [-0.2, -0.15) is 0 Å². The summed E-state index contributed by atoms with van der Waals surface area (Å²) in [6.45, 7) is 1.26. The van der Waals surface area contributed by atoms with Gasteiger partial charge >= 0.3 is 0 Å². The first-order valence-electron chi connectivity index (χ1n) is 1.87. The van der Waals surface area contributed by atoms with Crippen LogP contribution in [-0.2, 0) is 0 Å². The molecule has 0 rings (SSSR count). The minimum atomic E-state index is -2.81. The van der Waals surface area contributed by atoms with Gasteiger partial charge in [0, 0.05) is 0 Å². The molecule has 2 atom stereocenters. The monoisotopic (exact) mass is 122 g/mol. The van der Waals surface area contributed by atoms with Crippen LogP contribution >= 0.6 is 9.24 Å². The Morgan fingerprint density at radius 1 is 1.71 bits per heavy atom. The van der Waals surface area contributed by atoms with Gasteiger partial charge in [0.05, 0.1) is 7.85 Å². The SMILES string of the molecule is [B]C(C)C(F)(F)P. The molecular formula is C3H6BF2P. The lowest BCUT2D eigenvalue weighted by molar-refractivity contribution is 0.101. The summed E-state index contributed by atoms with van der Waals surface area (Å²) in [5.41, 5.74) is -2.81. The van der Waals surface area contributed by atoms with Gasteiger partial charge in [-0.05, 0) is 5.82 Å². The zero-order valence-corrected chi connectivity index (χ0v) is 5.14. The average Bonchev–Trinajstić information content (AvgIpc) is 1.31. The fourth-order valence-corrected chi connectivity index (χ4v) is 0. The van der Waals surface area contributed by atoms with Crippen LogP contribution in [0.3, 0.4) is 0 Å². The van der Waals surface area contributed by atoms with E-state index in [2.05, 4.69) is 0 Å². The second kappa shape index (κ2) is 2.08. The lowest BCUT2D eigenvalue weighted by Gasteiger charge is -2.12.